The van der Waals surface area contributed by atoms with Gasteiger partial charge in [-0.1, -0.05) is 13.8 Å². The maximum absolute atomic E-state index is 11.2. The lowest BCUT2D eigenvalue weighted by Crippen LogP contribution is -2.40. The summed E-state index contributed by atoms with van der Waals surface area (Å²) in [7, 11) is -2.73. The lowest BCUT2D eigenvalue weighted by molar-refractivity contribution is 0.386. The second-order valence-corrected chi connectivity index (χ2v) is 6.53. The summed E-state index contributed by atoms with van der Waals surface area (Å²) < 4.78 is 22.3. The molecule has 0 aromatic heterocycles. The first-order valence-corrected chi connectivity index (χ1v) is 6.69. The Kier molecular flexibility index (Phi) is 3.35. The summed E-state index contributed by atoms with van der Waals surface area (Å²) in [5.41, 5.74) is 0. The lowest BCUT2D eigenvalue weighted by Gasteiger charge is -2.21. The fourth-order valence-electron chi connectivity index (χ4n) is 1.49. The summed E-state index contributed by atoms with van der Waals surface area (Å²) in [4.78, 5) is 0. The van der Waals surface area contributed by atoms with Crippen molar-refractivity contribution in [1.82, 2.24) is 5.32 Å². The Morgan fingerprint density at radius 1 is 1.31 bits per heavy atom. The van der Waals surface area contributed by atoms with E-state index in [0.29, 0.717) is 23.5 Å². The number of hydrogen-bond acceptors (Lipinski definition) is 3. The highest BCUT2D eigenvalue weighted by Gasteiger charge is 2.28. The molecule has 1 N–H and O–H groups in total. The molecule has 78 valence electrons. The van der Waals surface area contributed by atoms with Crippen LogP contribution in [0.2, 0.25) is 0 Å². The molecule has 0 aromatic carbocycles. The van der Waals surface area contributed by atoms with Gasteiger partial charge in [-0.15, -0.1) is 0 Å². The van der Waals surface area contributed by atoms with Crippen LogP contribution in [0.15, 0.2) is 0 Å². The highest BCUT2D eigenvalue weighted by Crippen LogP contribution is 2.13. The molecular formula is C9H19NO2S. The van der Waals surface area contributed by atoms with Crippen molar-refractivity contribution in [3.05, 3.63) is 0 Å². The van der Waals surface area contributed by atoms with E-state index in [1.807, 2.05) is 0 Å². The van der Waals surface area contributed by atoms with Crippen LogP contribution in [0.25, 0.3) is 0 Å². The van der Waals surface area contributed by atoms with E-state index < -0.39 is 9.84 Å². The molecule has 0 spiro atoms. The van der Waals surface area contributed by atoms with Crippen LogP contribution in [0.1, 0.15) is 27.2 Å². The molecule has 13 heavy (non-hydrogen) atoms. The van der Waals surface area contributed by atoms with E-state index in [1.54, 1.807) is 0 Å². The van der Waals surface area contributed by atoms with E-state index in [0.717, 1.165) is 6.42 Å². The molecular weight excluding hydrogens is 186 g/mol. The molecule has 0 aromatic rings. The lowest BCUT2D eigenvalue weighted by atomic mass is 10.1. The van der Waals surface area contributed by atoms with Crippen molar-refractivity contribution in [2.75, 3.05) is 11.5 Å². The maximum atomic E-state index is 11.2. The summed E-state index contributed by atoms with van der Waals surface area (Å²) >= 11 is 0. The Hall–Kier alpha value is -0.0900. The van der Waals surface area contributed by atoms with Crippen LogP contribution < -0.4 is 5.32 Å². The van der Waals surface area contributed by atoms with E-state index in [2.05, 4.69) is 26.1 Å². The first-order valence-electron chi connectivity index (χ1n) is 4.87. The molecule has 0 radical (unpaired) electrons. The van der Waals surface area contributed by atoms with Gasteiger partial charge in [0.1, 0.15) is 0 Å². The molecule has 1 heterocycles. The fraction of sp³-hybridized carbons (Fsp3) is 1.00. The number of sulfone groups is 1. The zero-order valence-electron chi connectivity index (χ0n) is 8.58. The smallest absolute Gasteiger partial charge is 0.151 e. The van der Waals surface area contributed by atoms with E-state index in [9.17, 15) is 8.42 Å². The van der Waals surface area contributed by atoms with Crippen molar-refractivity contribution in [2.45, 2.75) is 39.3 Å². The second-order valence-electron chi connectivity index (χ2n) is 4.30. The molecule has 2 unspecified atom stereocenters. The Labute approximate surface area is 80.8 Å². The first kappa shape index (κ1) is 11.0. The van der Waals surface area contributed by atoms with Crippen LogP contribution in [0.3, 0.4) is 0 Å². The Morgan fingerprint density at radius 2 is 1.92 bits per heavy atom. The zero-order chi connectivity index (χ0) is 10.1. The third kappa shape index (κ3) is 3.27. The first-order chi connectivity index (χ1) is 5.91. The van der Waals surface area contributed by atoms with Gasteiger partial charge in [-0.25, -0.2) is 8.42 Å². The van der Waals surface area contributed by atoms with Crippen molar-refractivity contribution in [2.24, 2.45) is 5.92 Å². The normalized spacial score (nSPS) is 29.4. The van der Waals surface area contributed by atoms with Crippen LogP contribution in [0.5, 0.6) is 0 Å². The van der Waals surface area contributed by atoms with Crippen molar-refractivity contribution in [3.8, 4) is 0 Å². The molecule has 2 atom stereocenters. The van der Waals surface area contributed by atoms with Gasteiger partial charge >= 0.3 is 0 Å². The molecule has 0 amide bonds. The summed E-state index contributed by atoms with van der Waals surface area (Å²) in [5.74, 6) is 1.24. The average Bonchev–Trinajstić information content (AvgIpc) is 2.30. The Bertz CT molecular complexity index is 259. The van der Waals surface area contributed by atoms with E-state index in [4.69, 9.17) is 0 Å². The molecule has 1 fully saturated rings. The topological polar surface area (TPSA) is 46.2 Å². The van der Waals surface area contributed by atoms with Crippen LogP contribution in [-0.2, 0) is 9.84 Å². The average molecular weight is 205 g/mol. The van der Waals surface area contributed by atoms with Gasteiger partial charge in [0.15, 0.2) is 9.84 Å². The number of nitrogens with one attached hydrogen (secondary N) is 1. The van der Waals surface area contributed by atoms with Crippen LogP contribution in [0, 0.1) is 5.92 Å². The fourth-order valence-corrected chi connectivity index (χ4v) is 3.18. The zero-order valence-corrected chi connectivity index (χ0v) is 9.39. The maximum Gasteiger partial charge on any atom is 0.151 e. The molecule has 1 rings (SSSR count). The summed E-state index contributed by atoms with van der Waals surface area (Å²) in [6.45, 7) is 6.39. The number of rotatable bonds is 3. The predicted molar refractivity (Wildman–Crippen MR) is 54.5 cm³/mol. The monoisotopic (exact) mass is 205 g/mol. The van der Waals surface area contributed by atoms with Gasteiger partial charge in [0, 0.05) is 12.1 Å². The van der Waals surface area contributed by atoms with Crippen molar-refractivity contribution in [3.63, 3.8) is 0 Å². The summed E-state index contributed by atoms with van der Waals surface area (Å²) in [6.07, 6.45) is 0.777. The van der Waals surface area contributed by atoms with Crippen LogP contribution >= 0.6 is 0 Å². The highest BCUT2D eigenvalue weighted by atomic mass is 32.2. The van der Waals surface area contributed by atoms with Gasteiger partial charge < -0.3 is 5.32 Å². The SMILES string of the molecule is CC(C)C(C)NC1CCS(=O)(=O)C1. The Balaban J connectivity index is 2.41. The quantitative estimate of drug-likeness (QED) is 0.741. The molecule has 1 aliphatic rings. The van der Waals surface area contributed by atoms with E-state index in [-0.39, 0.29) is 6.04 Å². The van der Waals surface area contributed by atoms with Crippen molar-refractivity contribution >= 4 is 9.84 Å². The molecule has 1 aliphatic heterocycles. The van der Waals surface area contributed by atoms with E-state index >= 15 is 0 Å². The summed E-state index contributed by atoms with van der Waals surface area (Å²) in [5, 5.41) is 3.35. The van der Waals surface area contributed by atoms with Crippen LogP contribution in [0.4, 0.5) is 0 Å². The molecule has 4 heteroatoms. The standard InChI is InChI=1S/C9H19NO2S/c1-7(2)8(3)10-9-4-5-13(11,12)6-9/h7-10H,4-6H2,1-3H3. The van der Waals surface area contributed by atoms with Gasteiger partial charge in [0.05, 0.1) is 11.5 Å². The van der Waals surface area contributed by atoms with Gasteiger partial charge in [0.25, 0.3) is 0 Å². The van der Waals surface area contributed by atoms with Crippen LogP contribution in [-0.4, -0.2) is 32.0 Å². The Morgan fingerprint density at radius 3 is 2.31 bits per heavy atom. The third-order valence-corrected chi connectivity index (χ3v) is 4.50. The van der Waals surface area contributed by atoms with Gasteiger partial charge in [-0.2, -0.15) is 0 Å². The minimum Gasteiger partial charge on any atom is -0.310 e. The van der Waals surface area contributed by atoms with Gasteiger partial charge in [-0.05, 0) is 19.3 Å². The minimum atomic E-state index is -2.73. The molecule has 1 saturated heterocycles. The van der Waals surface area contributed by atoms with E-state index in [1.165, 1.54) is 0 Å². The third-order valence-electron chi connectivity index (χ3n) is 2.73. The molecule has 0 aliphatic carbocycles. The summed E-state index contributed by atoms with van der Waals surface area (Å²) in [6, 6.07) is 0.584. The molecule has 0 saturated carbocycles. The second kappa shape index (κ2) is 3.96. The van der Waals surface area contributed by atoms with Gasteiger partial charge in [-0.3, -0.25) is 0 Å². The predicted octanol–water partition coefficient (Wildman–Crippen LogP) is 0.808. The highest BCUT2D eigenvalue weighted by molar-refractivity contribution is 7.91. The largest absolute Gasteiger partial charge is 0.310 e. The molecule has 0 bridgehead atoms. The minimum absolute atomic E-state index is 0.183. The van der Waals surface area contributed by atoms with Crippen molar-refractivity contribution in [1.29, 1.82) is 0 Å². The number of hydrogen-bond donors (Lipinski definition) is 1. The van der Waals surface area contributed by atoms with Crippen molar-refractivity contribution < 1.29 is 8.42 Å². The van der Waals surface area contributed by atoms with Gasteiger partial charge in [0.2, 0.25) is 0 Å². The molecule has 3 nitrogen and oxygen atoms in total.